The molecule has 0 aromatic carbocycles. The van der Waals surface area contributed by atoms with E-state index in [1.807, 2.05) is 19.9 Å². The van der Waals surface area contributed by atoms with E-state index in [9.17, 15) is 9.59 Å². The third kappa shape index (κ3) is 3.56. The van der Waals surface area contributed by atoms with Gasteiger partial charge in [0, 0.05) is 18.9 Å². The molecule has 2 amide bonds. The fourth-order valence-corrected chi connectivity index (χ4v) is 2.23. The third-order valence-electron chi connectivity index (χ3n) is 3.46. The first kappa shape index (κ1) is 16.7. The summed E-state index contributed by atoms with van der Waals surface area (Å²) in [7, 11) is 1.53. The average Bonchev–Trinajstić information content (AvgIpc) is 2.84. The van der Waals surface area contributed by atoms with E-state index in [1.165, 1.54) is 13.2 Å². The van der Waals surface area contributed by atoms with Gasteiger partial charge < -0.3 is 10.6 Å². The number of hydrogen-bond acceptors (Lipinski definition) is 4. The first-order valence-corrected chi connectivity index (χ1v) is 7.29. The van der Waals surface area contributed by atoms with Gasteiger partial charge in [-0.15, -0.1) is 0 Å². The van der Waals surface area contributed by atoms with Crippen molar-refractivity contribution in [3.05, 3.63) is 41.3 Å². The molecule has 0 aliphatic carbocycles. The number of likely N-dealkylation sites (N-methyl/N-ethyl adjacent to an activating group) is 1. The van der Waals surface area contributed by atoms with Crippen molar-refractivity contribution in [2.45, 2.75) is 33.2 Å². The summed E-state index contributed by atoms with van der Waals surface area (Å²) in [6.07, 6.45) is 1.47. The van der Waals surface area contributed by atoms with Crippen LogP contribution < -0.4 is 10.6 Å². The van der Waals surface area contributed by atoms with Gasteiger partial charge in [-0.05, 0) is 45.9 Å². The Balaban J connectivity index is 2.18. The van der Waals surface area contributed by atoms with Gasteiger partial charge in [-0.3, -0.25) is 9.59 Å². The van der Waals surface area contributed by atoms with Crippen molar-refractivity contribution in [1.82, 2.24) is 25.4 Å². The zero-order chi connectivity index (χ0) is 17.2. The van der Waals surface area contributed by atoms with Gasteiger partial charge in [0.2, 0.25) is 5.91 Å². The second kappa shape index (κ2) is 6.20. The number of carbonyl (C=O) groups excluding carboxylic acids is 2. The van der Waals surface area contributed by atoms with E-state index in [-0.39, 0.29) is 11.8 Å². The Morgan fingerprint density at radius 2 is 1.91 bits per heavy atom. The summed E-state index contributed by atoms with van der Waals surface area (Å²) < 4.78 is 1.71. The minimum Gasteiger partial charge on any atom is -0.357 e. The number of aromatic nitrogens is 3. The molecule has 0 fully saturated rings. The van der Waals surface area contributed by atoms with Crippen LogP contribution in [-0.4, -0.2) is 39.2 Å². The molecule has 0 saturated carbocycles. The van der Waals surface area contributed by atoms with Crippen LogP contribution in [0.25, 0.3) is 5.82 Å². The van der Waals surface area contributed by atoms with Crippen molar-refractivity contribution in [1.29, 1.82) is 0 Å². The van der Waals surface area contributed by atoms with Crippen molar-refractivity contribution in [2.24, 2.45) is 0 Å². The summed E-state index contributed by atoms with van der Waals surface area (Å²) in [5, 5.41) is 9.55. The first-order valence-electron chi connectivity index (χ1n) is 7.29. The number of nitrogens with zero attached hydrogens (tertiary/aromatic N) is 3. The molecule has 2 N–H and O–H groups in total. The molecule has 2 heterocycles. The second-order valence-electron chi connectivity index (χ2n) is 5.90. The fraction of sp³-hybridized carbons (Fsp3) is 0.375. The van der Waals surface area contributed by atoms with Gasteiger partial charge in [0.1, 0.15) is 5.54 Å². The van der Waals surface area contributed by atoms with E-state index >= 15 is 0 Å². The van der Waals surface area contributed by atoms with Crippen LogP contribution in [-0.2, 0) is 4.79 Å². The predicted octanol–water partition coefficient (Wildman–Crippen LogP) is 1.14. The molecule has 7 nitrogen and oxygen atoms in total. The molecule has 0 spiro atoms. The molecule has 0 atom stereocenters. The van der Waals surface area contributed by atoms with E-state index < -0.39 is 5.54 Å². The molecular formula is C16H21N5O2. The highest BCUT2D eigenvalue weighted by Crippen LogP contribution is 2.11. The van der Waals surface area contributed by atoms with Crippen molar-refractivity contribution in [2.75, 3.05) is 7.05 Å². The lowest BCUT2D eigenvalue weighted by Gasteiger charge is -2.24. The maximum Gasteiger partial charge on any atom is 0.253 e. The second-order valence-corrected chi connectivity index (χ2v) is 5.90. The number of carbonyl (C=O) groups is 2. The average molecular weight is 315 g/mol. The first-order chi connectivity index (χ1) is 10.7. The normalized spacial score (nSPS) is 11.2. The van der Waals surface area contributed by atoms with Gasteiger partial charge in [0.05, 0.1) is 11.3 Å². The van der Waals surface area contributed by atoms with Crippen molar-refractivity contribution >= 4 is 11.8 Å². The topological polar surface area (TPSA) is 88.9 Å². The summed E-state index contributed by atoms with van der Waals surface area (Å²) in [6.45, 7) is 7.13. The maximum atomic E-state index is 12.2. The Morgan fingerprint density at radius 3 is 2.39 bits per heavy atom. The summed E-state index contributed by atoms with van der Waals surface area (Å²) in [5.41, 5.74) is 1.25. The van der Waals surface area contributed by atoms with E-state index in [2.05, 4.69) is 20.7 Å². The lowest BCUT2D eigenvalue weighted by atomic mass is 10.0. The molecule has 0 saturated heterocycles. The summed E-state index contributed by atoms with van der Waals surface area (Å²) >= 11 is 0. The SMILES string of the molecule is CNC(=O)C(C)(C)NC(=O)c1ccc(-n2nc(C)cc2C)nc1. The Labute approximate surface area is 135 Å². The molecule has 2 rings (SSSR count). The summed E-state index contributed by atoms with van der Waals surface area (Å²) in [6, 6.07) is 5.34. The number of amides is 2. The van der Waals surface area contributed by atoms with E-state index in [0.717, 1.165) is 11.4 Å². The molecule has 2 aromatic rings. The van der Waals surface area contributed by atoms with Gasteiger partial charge in [0.15, 0.2) is 5.82 Å². The predicted molar refractivity (Wildman–Crippen MR) is 86.4 cm³/mol. The lowest BCUT2D eigenvalue weighted by Crippen LogP contribution is -2.53. The number of hydrogen-bond donors (Lipinski definition) is 2. The quantitative estimate of drug-likeness (QED) is 0.885. The van der Waals surface area contributed by atoms with Crippen LogP contribution in [0.2, 0.25) is 0 Å². The summed E-state index contributed by atoms with van der Waals surface area (Å²) in [5.74, 6) is 0.0156. The molecule has 7 heteroatoms. The lowest BCUT2D eigenvalue weighted by molar-refractivity contribution is -0.125. The molecule has 23 heavy (non-hydrogen) atoms. The van der Waals surface area contributed by atoms with Crippen LogP contribution in [0.1, 0.15) is 35.6 Å². The minimum atomic E-state index is -1.000. The van der Waals surface area contributed by atoms with Gasteiger partial charge in [-0.25, -0.2) is 9.67 Å². The van der Waals surface area contributed by atoms with Crippen LogP contribution in [0.3, 0.4) is 0 Å². The van der Waals surface area contributed by atoms with Crippen LogP contribution in [0.15, 0.2) is 24.4 Å². The van der Waals surface area contributed by atoms with Crippen molar-refractivity contribution < 1.29 is 9.59 Å². The highest BCUT2D eigenvalue weighted by Gasteiger charge is 2.28. The van der Waals surface area contributed by atoms with E-state index in [0.29, 0.717) is 11.4 Å². The smallest absolute Gasteiger partial charge is 0.253 e. The number of rotatable bonds is 4. The zero-order valence-corrected chi connectivity index (χ0v) is 14.0. The molecule has 0 radical (unpaired) electrons. The Hall–Kier alpha value is -2.70. The minimum absolute atomic E-state index is 0.266. The Bertz CT molecular complexity index is 731. The van der Waals surface area contributed by atoms with Crippen LogP contribution in [0.4, 0.5) is 0 Å². The Morgan fingerprint density at radius 1 is 1.22 bits per heavy atom. The van der Waals surface area contributed by atoms with Gasteiger partial charge >= 0.3 is 0 Å². The molecule has 0 aliphatic rings. The third-order valence-corrected chi connectivity index (χ3v) is 3.46. The van der Waals surface area contributed by atoms with Gasteiger partial charge in [-0.1, -0.05) is 0 Å². The van der Waals surface area contributed by atoms with Gasteiger partial charge in [0.25, 0.3) is 5.91 Å². The van der Waals surface area contributed by atoms with Crippen LogP contribution >= 0.6 is 0 Å². The van der Waals surface area contributed by atoms with Crippen molar-refractivity contribution in [3.8, 4) is 5.82 Å². The number of aryl methyl sites for hydroxylation is 2. The van der Waals surface area contributed by atoms with E-state index in [4.69, 9.17) is 0 Å². The number of pyridine rings is 1. The zero-order valence-electron chi connectivity index (χ0n) is 14.0. The van der Waals surface area contributed by atoms with E-state index in [1.54, 1.807) is 30.7 Å². The Kier molecular flexibility index (Phi) is 4.49. The highest BCUT2D eigenvalue weighted by atomic mass is 16.2. The van der Waals surface area contributed by atoms with Crippen LogP contribution in [0, 0.1) is 13.8 Å². The monoisotopic (exact) mass is 315 g/mol. The molecule has 0 unspecified atom stereocenters. The molecule has 0 aliphatic heterocycles. The number of nitrogens with one attached hydrogen (secondary N) is 2. The summed E-state index contributed by atoms with van der Waals surface area (Å²) in [4.78, 5) is 28.3. The fourth-order valence-electron chi connectivity index (χ4n) is 2.23. The molecule has 0 bridgehead atoms. The molecule has 2 aromatic heterocycles. The molecular weight excluding hydrogens is 294 g/mol. The largest absolute Gasteiger partial charge is 0.357 e. The van der Waals surface area contributed by atoms with Gasteiger partial charge in [-0.2, -0.15) is 5.10 Å². The standard InChI is InChI=1S/C16H21N5O2/c1-10-8-11(2)21(20-10)13-7-6-12(9-18-13)14(22)19-16(3,4)15(23)17-5/h6-9H,1-5H3,(H,17,23)(H,19,22). The van der Waals surface area contributed by atoms with Crippen LogP contribution in [0.5, 0.6) is 0 Å². The maximum absolute atomic E-state index is 12.2. The highest BCUT2D eigenvalue weighted by molar-refractivity contribution is 5.98. The molecule has 122 valence electrons. The van der Waals surface area contributed by atoms with Crippen molar-refractivity contribution in [3.63, 3.8) is 0 Å².